The molecule has 2 aromatic carbocycles. The van der Waals surface area contributed by atoms with Gasteiger partial charge in [-0.05, 0) is 42.8 Å². The molecule has 1 heterocycles. The lowest BCUT2D eigenvalue weighted by Crippen LogP contribution is -2.24. The topological polar surface area (TPSA) is 113 Å². The van der Waals surface area contributed by atoms with Crippen LogP contribution in [0.3, 0.4) is 0 Å². The lowest BCUT2D eigenvalue weighted by atomic mass is 10.1. The Morgan fingerprint density at radius 1 is 1.15 bits per heavy atom. The van der Waals surface area contributed by atoms with E-state index in [0.717, 1.165) is 5.56 Å². The van der Waals surface area contributed by atoms with Crippen LogP contribution in [-0.4, -0.2) is 28.9 Å². The minimum Gasteiger partial charge on any atom is -0.495 e. The number of ether oxygens (including phenoxy) is 1. The Balaban J connectivity index is 1.70. The Morgan fingerprint density at radius 3 is 2.52 bits per heavy atom. The van der Waals surface area contributed by atoms with Gasteiger partial charge in [0.1, 0.15) is 11.6 Å². The molecule has 172 valence electrons. The van der Waals surface area contributed by atoms with Crippen LogP contribution < -0.4 is 20.9 Å². The van der Waals surface area contributed by atoms with Gasteiger partial charge in [0.25, 0.3) is 5.56 Å². The number of benzene rings is 2. The normalized spacial score (nSPS) is 10.5. The first-order valence-electron chi connectivity index (χ1n) is 9.97. The second-order valence-corrected chi connectivity index (χ2v) is 8.14. The Morgan fingerprint density at radius 2 is 1.88 bits per heavy atom. The van der Waals surface area contributed by atoms with E-state index in [1.54, 1.807) is 37.3 Å². The maximum absolute atomic E-state index is 13.0. The maximum Gasteiger partial charge on any atom is 0.255 e. The van der Waals surface area contributed by atoms with E-state index in [4.69, 9.17) is 4.74 Å². The van der Waals surface area contributed by atoms with Crippen LogP contribution in [0.25, 0.3) is 0 Å². The quantitative estimate of drug-likeness (QED) is 0.342. The van der Waals surface area contributed by atoms with Gasteiger partial charge >= 0.3 is 0 Å². The number of carbonyl (C=O) groups is 2. The van der Waals surface area contributed by atoms with Crippen LogP contribution in [0.2, 0.25) is 0 Å². The summed E-state index contributed by atoms with van der Waals surface area (Å²) < 4.78 is 18.3. The molecule has 3 N–H and O–H groups in total. The number of halogens is 1. The molecule has 0 fully saturated rings. The molecule has 0 unspecified atom stereocenters. The Bertz CT molecular complexity index is 1230. The molecule has 3 aromatic rings. The number of aromatic nitrogens is 2. The van der Waals surface area contributed by atoms with Crippen LogP contribution in [0.1, 0.15) is 23.7 Å². The Labute approximate surface area is 194 Å². The number of methoxy groups -OCH3 is 1. The molecule has 0 radical (unpaired) electrons. The van der Waals surface area contributed by atoms with Gasteiger partial charge in [-0.25, -0.2) is 9.37 Å². The third kappa shape index (κ3) is 6.66. The number of anilines is 2. The molecular formula is C23H23FN4O4S. The van der Waals surface area contributed by atoms with E-state index in [9.17, 15) is 18.8 Å². The number of amides is 2. The SMILES string of the molecule is COc1ccc(NC(C)=O)cc1NC(=O)Cc1c(C)nc(SCc2ccc(F)cc2)[nH]c1=O. The van der Waals surface area contributed by atoms with E-state index in [1.165, 1.54) is 37.9 Å². The molecular weight excluding hydrogens is 447 g/mol. The highest BCUT2D eigenvalue weighted by Crippen LogP contribution is 2.28. The monoisotopic (exact) mass is 470 g/mol. The van der Waals surface area contributed by atoms with Crippen molar-refractivity contribution in [2.75, 3.05) is 17.7 Å². The fourth-order valence-corrected chi connectivity index (χ4v) is 3.90. The summed E-state index contributed by atoms with van der Waals surface area (Å²) in [5, 5.41) is 5.76. The minimum absolute atomic E-state index is 0.190. The van der Waals surface area contributed by atoms with Crippen molar-refractivity contribution in [1.82, 2.24) is 9.97 Å². The molecule has 0 bridgehead atoms. The van der Waals surface area contributed by atoms with Crippen LogP contribution >= 0.6 is 11.8 Å². The number of hydrogen-bond acceptors (Lipinski definition) is 6. The molecule has 0 aliphatic heterocycles. The van der Waals surface area contributed by atoms with E-state index in [0.29, 0.717) is 33.7 Å². The minimum atomic E-state index is -0.435. The number of thioether (sulfide) groups is 1. The molecule has 0 atom stereocenters. The molecule has 0 spiro atoms. The third-order valence-corrected chi connectivity index (χ3v) is 5.57. The molecule has 2 amide bonds. The first-order chi connectivity index (χ1) is 15.7. The van der Waals surface area contributed by atoms with Crippen molar-refractivity contribution in [2.24, 2.45) is 0 Å². The van der Waals surface area contributed by atoms with Crippen LogP contribution in [0.4, 0.5) is 15.8 Å². The summed E-state index contributed by atoms with van der Waals surface area (Å²) in [6.07, 6.45) is -0.190. The van der Waals surface area contributed by atoms with Crippen LogP contribution in [0, 0.1) is 12.7 Å². The highest BCUT2D eigenvalue weighted by molar-refractivity contribution is 7.98. The Kier molecular flexibility index (Phi) is 7.83. The van der Waals surface area contributed by atoms with Gasteiger partial charge in [-0.15, -0.1) is 0 Å². The number of aryl methyl sites for hydroxylation is 1. The maximum atomic E-state index is 13.0. The van der Waals surface area contributed by atoms with E-state index in [-0.39, 0.29) is 23.7 Å². The van der Waals surface area contributed by atoms with Crippen molar-refractivity contribution < 1.29 is 18.7 Å². The summed E-state index contributed by atoms with van der Waals surface area (Å²) in [6, 6.07) is 10.9. The van der Waals surface area contributed by atoms with Gasteiger partial charge < -0.3 is 20.4 Å². The lowest BCUT2D eigenvalue weighted by molar-refractivity contribution is -0.116. The first kappa shape index (κ1) is 24.0. The second kappa shape index (κ2) is 10.8. The molecule has 33 heavy (non-hydrogen) atoms. The Hall–Kier alpha value is -3.66. The molecule has 10 heteroatoms. The van der Waals surface area contributed by atoms with Crippen molar-refractivity contribution in [1.29, 1.82) is 0 Å². The summed E-state index contributed by atoms with van der Waals surface area (Å²) in [5.74, 6) is -0.0761. The number of H-pyrrole nitrogens is 1. The molecule has 0 aliphatic carbocycles. The van der Waals surface area contributed by atoms with Crippen LogP contribution in [-0.2, 0) is 21.8 Å². The lowest BCUT2D eigenvalue weighted by Gasteiger charge is -2.13. The predicted molar refractivity (Wildman–Crippen MR) is 125 cm³/mol. The molecule has 0 saturated heterocycles. The van der Waals surface area contributed by atoms with Crippen LogP contribution in [0.5, 0.6) is 5.75 Å². The number of rotatable bonds is 8. The average Bonchev–Trinajstić information content (AvgIpc) is 2.76. The molecule has 0 saturated carbocycles. The summed E-state index contributed by atoms with van der Waals surface area (Å²) in [5.41, 5.74) is 2.03. The van der Waals surface area contributed by atoms with Gasteiger partial charge in [0.2, 0.25) is 11.8 Å². The van der Waals surface area contributed by atoms with Crippen LogP contribution in [0.15, 0.2) is 52.4 Å². The summed E-state index contributed by atoms with van der Waals surface area (Å²) >= 11 is 1.31. The van der Waals surface area contributed by atoms with Gasteiger partial charge in [0, 0.05) is 29.6 Å². The molecule has 1 aromatic heterocycles. The fraction of sp³-hybridized carbons (Fsp3) is 0.217. The van der Waals surface area contributed by atoms with Crippen molar-refractivity contribution in [3.05, 3.63) is 75.5 Å². The first-order valence-corrected chi connectivity index (χ1v) is 11.0. The van der Waals surface area contributed by atoms with Gasteiger partial charge in [0.05, 0.1) is 19.2 Å². The van der Waals surface area contributed by atoms with Crippen molar-refractivity contribution >= 4 is 35.0 Å². The van der Waals surface area contributed by atoms with Gasteiger partial charge in [0.15, 0.2) is 5.16 Å². The zero-order valence-corrected chi connectivity index (χ0v) is 19.1. The van der Waals surface area contributed by atoms with Crippen molar-refractivity contribution in [3.8, 4) is 5.75 Å². The summed E-state index contributed by atoms with van der Waals surface area (Å²) in [7, 11) is 1.46. The van der Waals surface area contributed by atoms with Gasteiger partial charge in [-0.2, -0.15) is 0 Å². The second-order valence-electron chi connectivity index (χ2n) is 7.17. The number of carbonyl (C=O) groups excluding carboxylic acids is 2. The molecule has 8 nitrogen and oxygen atoms in total. The summed E-state index contributed by atoms with van der Waals surface area (Å²) in [4.78, 5) is 43.6. The van der Waals surface area contributed by atoms with Crippen molar-refractivity contribution in [3.63, 3.8) is 0 Å². The molecule has 3 rings (SSSR count). The van der Waals surface area contributed by atoms with E-state index >= 15 is 0 Å². The summed E-state index contributed by atoms with van der Waals surface area (Å²) in [6.45, 7) is 3.05. The van der Waals surface area contributed by atoms with Crippen molar-refractivity contribution in [2.45, 2.75) is 31.2 Å². The highest BCUT2D eigenvalue weighted by Gasteiger charge is 2.15. The highest BCUT2D eigenvalue weighted by atomic mass is 32.2. The van der Waals surface area contributed by atoms with Gasteiger partial charge in [-0.3, -0.25) is 14.4 Å². The van der Waals surface area contributed by atoms with E-state index < -0.39 is 11.5 Å². The predicted octanol–water partition coefficient (Wildman–Crippen LogP) is 3.66. The van der Waals surface area contributed by atoms with E-state index in [1.807, 2.05) is 0 Å². The van der Waals surface area contributed by atoms with Gasteiger partial charge in [-0.1, -0.05) is 23.9 Å². The average molecular weight is 471 g/mol. The number of hydrogen-bond donors (Lipinski definition) is 3. The number of nitrogens with one attached hydrogen (secondary N) is 3. The zero-order valence-electron chi connectivity index (χ0n) is 18.3. The zero-order chi connectivity index (χ0) is 24.0. The molecule has 0 aliphatic rings. The largest absolute Gasteiger partial charge is 0.495 e. The standard InChI is InChI=1S/C23H23FN4O4S/c1-13-18(22(31)28-23(25-13)33-12-15-4-6-16(24)7-5-15)11-21(30)27-19-10-17(26-14(2)29)8-9-20(19)32-3/h4-10H,11-12H2,1-3H3,(H,26,29)(H,27,30)(H,25,28,31). The third-order valence-electron chi connectivity index (χ3n) is 4.62. The number of aromatic amines is 1. The smallest absolute Gasteiger partial charge is 0.255 e. The van der Waals surface area contributed by atoms with E-state index in [2.05, 4.69) is 20.6 Å². The number of nitrogens with zero attached hydrogens (tertiary/aromatic N) is 1. The fourth-order valence-electron chi connectivity index (χ4n) is 3.04.